The number of rotatable bonds is 62. The van der Waals surface area contributed by atoms with Crippen molar-refractivity contribution in [1.29, 1.82) is 0 Å². The third-order valence-electron chi connectivity index (χ3n) is 13.9. The predicted octanol–water partition coefficient (Wildman–Crippen LogP) is 22.4. The molecule has 0 saturated carbocycles. The van der Waals surface area contributed by atoms with Crippen LogP contribution in [0, 0.1) is 0 Å². The van der Waals surface area contributed by atoms with Crippen molar-refractivity contribution in [1.82, 2.24) is 0 Å². The minimum atomic E-state index is -4.40. The first-order valence-electron chi connectivity index (χ1n) is 34.0. The number of carbonyl (C=O) groups is 2. The summed E-state index contributed by atoms with van der Waals surface area (Å²) in [7, 11) is -4.40. The first-order valence-corrected chi connectivity index (χ1v) is 35.5. The molecule has 85 heavy (non-hydrogen) atoms. The van der Waals surface area contributed by atoms with Crippen LogP contribution in [0.4, 0.5) is 0 Å². The number of hydrogen-bond donors (Lipinski definition) is 2. The maximum absolute atomic E-state index is 12.8. The molecule has 0 aromatic rings. The zero-order valence-corrected chi connectivity index (χ0v) is 54.9. The lowest BCUT2D eigenvalue weighted by molar-refractivity contribution is -0.161. The molecule has 0 aliphatic rings. The highest BCUT2D eigenvalue weighted by molar-refractivity contribution is 7.47. The third kappa shape index (κ3) is 68.6. The first-order chi connectivity index (χ1) is 41.8. The SMILES string of the molecule is CC/C=C\C/C=C\C/C=C\C/C=C\C/C=C\C/C=C\C/C=C\C/C=C\C/C=C\CCCCCCCCCCCCCCCC(=O)OC(COC(=O)CCCCCCCCCCCC/C=C\C/C=C\C/C=C\C/C=C\CC)COP(=O)(O)OCCN. The highest BCUT2D eigenvalue weighted by Crippen LogP contribution is 2.43. The van der Waals surface area contributed by atoms with Gasteiger partial charge in [0.15, 0.2) is 6.10 Å². The van der Waals surface area contributed by atoms with Crippen LogP contribution in [0.25, 0.3) is 0 Å². The van der Waals surface area contributed by atoms with Crippen molar-refractivity contribution in [3.8, 4) is 0 Å². The second-order valence-electron chi connectivity index (χ2n) is 21.9. The molecule has 0 aromatic carbocycles. The average Bonchev–Trinajstić information content (AvgIpc) is 3.52. The van der Waals surface area contributed by atoms with Gasteiger partial charge in [0.2, 0.25) is 0 Å². The maximum Gasteiger partial charge on any atom is 0.472 e. The van der Waals surface area contributed by atoms with E-state index in [4.69, 9.17) is 24.3 Å². The van der Waals surface area contributed by atoms with Gasteiger partial charge in [-0.05, 0) is 122 Å². The van der Waals surface area contributed by atoms with E-state index in [2.05, 4.69) is 172 Å². The van der Waals surface area contributed by atoms with Crippen LogP contribution in [0.5, 0.6) is 0 Å². The van der Waals surface area contributed by atoms with Gasteiger partial charge < -0.3 is 20.1 Å². The Labute approximate surface area is 521 Å². The molecule has 0 radical (unpaired) electrons. The van der Waals surface area contributed by atoms with E-state index in [-0.39, 0.29) is 38.6 Å². The van der Waals surface area contributed by atoms with E-state index < -0.39 is 26.5 Å². The lowest BCUT2D eigenvalue weighted by atomic mass is 10.0. The summed E-state index contributed by atoms with van der Waals surface area (Å²) in [5.74, 6) is -0.838. The van der Waals surface area contributed by atoms with Crippen LogP contribution in [0.15, 0.2) is 158 Å². The van der Waals surface area contributed by atoms with Crippen LogP contribution in [0.1, 0.15) is 271 Å². The highest BCUT2D eigenvalue weighted by atomic mass is 31.2. The summed E-state index contributed by atoms with van der Waals surface area (Å²) < 4.78 is 33.1. The smallest absolute Gasteiger partial charge is 0.462 e. The molecule has 0 saturated heterocycles. The summed E-state index contributed by atoms with van der Waals surface area (Å²) in [6.07, 6.45) is 100. The largest absolute Gasteiger partial charge is 0.472 e. The van der Waals surface area contributed by atoms with E-state index in [1.165, 1.54) is 103 Å². The van der Waals surface area contributed by atoms with Crippen LogP contribution in [0.3, 0.4) is 0 Å². The molecule has 2 atom stereocenters. The molecule has 9 nitrogen and oxygen atoms in total. The van der Waals surface area contributed by atoms with Crippen LogP contribution in [-0.4, -0.2) is 49.3 Å². The summed E-state index contributed by atoms with van der Waals surface area (Å²) >= 11 is 0. The Kier molecular flexibility index (Phi) is 65.2. The number of unbranched alkanes of at least 4 members (excludes halogenated alkanes) is 23. The van der Waals surface area contributed by atoms with Crippen molar-refractivity contribution in [2.24, 2.45) is 5.73 Å². The van der Waals surface area contributed by atoms with Crippen molar-refractivity contribution < 1.29 is 37.6 Å². The quantitative estimate of drug-likeness (QED) is 0.0264. The van der Waals surface area contributed by atoms with E-state index in [9.17, 15) is 19.0 Å². The van der Waals surface area contributed by atoms with Crippen LogP contribution in [-0.2, 0) is 32.7 Å². The molecule has 3 N–H and O–H groups in total. The Morgan fingerprint density at radius 1 is 0.353 bits per heavy atom. The Balaban J connectivity index is 3.93. The van der Waals surface area contributed by atoms with Gasteiger partial charge in [-0.25, -0.2) is 4.57 Å². The minimum absolute atomic E-state index is 0.0462. The number of nitrogens with two attached hydrogens (primary N) is 1. The van der Waals surface area contributed by atoms with Gasteiger partial charge in [-0.1, -0.05) is 294 Å². The molecular weight excluding hydrogens is 1070 g/mol. The molecule has 0 fully saturated rings. The Morgan fingerprint density at radius 2 is 0.612 bits per heavy atom. The summed E-state index contributed by atoms with van der Waals surface area (Å²) in [5, 5.41) is 0. The number of phosphoric ester groups is 1. The monoisotopic (exact) mass is 1200 g/mol. The van der Waals surface area contributed by atoms with E-state index in [1.807, 2.05) is 0 Å². The van der Waals surface area contributed by atoms with E-state index in [0.717, 1.165) is 135 Å². The van der Waals surface area contributed by atoms with Crippen LogP contribution < -0.4 is 5.73 Å². The molecule has 0 heterocycles. The second kappa shape index (κ2) is 68.7. The van der Waals surface area contributed by atoms with E-state index in [0.29, 0.717) is 6.42 Å². The average molecular weight is 1200 g/mol. The number of ether oxygens (including phenoxy) is 2. The van der Waals surface area contributed by atoms with Crippen LogP contribution >= 0.6 is 7.82 Å². The lowest BCUT2D eigenvalue weighted by Crippen LogP contribution is -2.29. The van der Waals surface area contributed by atoms with E-state index in [1.54, 1.807) is 0 Å². The van der Waals surface area contributed by atoms with Gasteiger partial charge in [-0.2, -0.15) is 0 Å². The highest BCUT2D eigenvalue weighted by Gasteiger charge is 2.26. The van der Waals surface area contributed by atoms with Crippen molar-refractivity contribution in [3.63, 3.8) is 0 Å². The van der Waals surface area contributed by atoms with Gasteiger partial charge >= 0.3 is 19.8 Å². The fourth-order valence-electron chi connectivity index (χ4n) is 8.97. The molecule has 10 heteroatoms. The zero-order valence-electron chi connectivity index (χ0n) is 54.0. The number of allylic oxidation sites excluding steroid dienone is 26. The predicted molar refractivity (Wildman–Crippen MR) is 366 cm³/mol. The fourth-order valence-corrected chi connectivity index (χ4v) is 9.74. The van der Waals surface area contributed by atoms with Gasteiger partial charge in [0.05, 0.1) is 13.2 Å². The Morgan fingerprint density at radius 3 is 0.906 bits per heavy atom. The summed E-state index contributed by atoms with van der Waals surface area (Å²) in [6.45, 7) is 3.51. The molecule has 0 aliphatic heterocycles. The van der Waals surface area contributed by atoms with Gasteiger partial charge in [0.25, 0.3) is 0 Å². The molecule has 0 spiro atoms. The molecule has 0 bridgehead atoms. The number of carbonyl (C=O) groups excluding carboxylic acids is 2. The Bertz CT molecular complexity index is 1950. The third-order valence-corrected chi connectivity index (χ3v) is 14.9. The van der Waals surface area contributed by atoms with Gasteiger partial charge in [0, 0.05) is 19.4 Å². The number of phosphoric acid groups is 1. The first kappa shape index (κ1) is 80.6. The number of esters is 2. The fraction of sp³-hybridized carbons (Fsp3) is 0.627. The maximum atomic E-state index is 12.8. The molecule has 0 aliphatic carbocycles. The molecule has 0 aromatic heterocycles. The van der Waals surface area contributed by atoms with Gasteiger partial charge in [0.1, 0.15) is 6.61 Å². The molecule has 0 amide bonds. The van der Waals surface area contributed by atoms with E-state index >= 15 is 0 Å². The lowest BCUT2D eigenvalue weighted by Gasteiger charge is -2.19. The zero-order chi connectivity index (χ0) is 61.6. The molecular formula is C75H124NO8P. The second-order valence-corrected chi connectivity index (χ2v) is 23.4. The van der Waals surface area contributed by atoms with Gasteiger partial charge in [-0.15, -0.1) is 0 Å². The summed E-state index contributed by atoms with van der Waals surface area (Å²) in [6, 6.07) is 0. The van der Waals surface area contributed by atoms with Gasteiger partial charge in [-0.3, -0.25) is 18.6 Å². The topological polar surface area (TPSA) is 134 Å². The Hall–Kier alpha value is -4.37. The molecule has 2 unspecified atom stereocenters. The van der Waals surface area contributed by atoms with Crippen LogP contribution in [0.2, 0.25) is 0 Å². The van der Waals surface area contributed by atoms with Crippen molar-refractivity contribution in [3.05, 3.63) is 158 Å². The summed E-state index contributed by atoms with van der Waals surface area (Å²) in [4.78, 5) is 35.3. The number of hydrogen-bond acceptors (Lipinski definition) is 8. The minimum Gasteiger partial charge on any atom is -0.462 e. The molecule has 482 valence electrons. The van der Waals surface area contributed by atoms with Crippen molar-refractivity contribution >= 4 is 19.8 Å². The van der Waals surface area contributed by atoms with Crippen molar-refractivity contribution in [2.45, 2.75) is 277 Å². The summed E-state index contributed by atoms with van der Waals surface area (Å²) in [5.41, 5.74) is 5.40. The standard InChI is InChI=1S/C75H124NO8P/c1-3-5-7-9-11-13-15-17-19-21-23-25-27-28-29-30-31-32-33-34-35-36-37-38-39-40-41-42-43-44-46-48-50-52-54-56-58-60-62-64-66-68-75(78)84-73(72-83-85(79,80)82-70-69-76)71-81-74(77)67-65-63-61-59-57-55-53-51-49-47-45-26-24-22-20-18-16-14-12-10-8-6-4-2/h5-8,11-14,17-20,23-26,28-29,31-32,34-35,37-38,40-41,73H,3-4,9-10,15-16,21-22,27,30,33,36,39,42-72,76H2,1-2H3,(H,79,80)/b7-5-,8-6-,13-11-,14-12-,19-17-,20-18-,25-23-,26-24-,29-28-,32-31-,35-34-,38-37-,41-40-. The molecule has 0 rings (SSSR count). The normalized spacial score (nSPS) is 14.0. The van der Waals surface area contributed by atoms with Crippen molar-refractivity contribution in [2.75, 3.05) is 26.4 Å².